The van der Waals surface area contributed by atoms with Crippen LogP contribution in [0.3, 0.4) is 0 Å². The highest BCUT2D eigenvalue weighted by molar-refractivity contribution is 5.88. The lowest BCUT2D eigenvalue weighted by molar-refractivity contribution is 0.0696. The molecule has 0 amide bonds. The summed E-state index contributed by atoms with van der Waals surface area (Å²) in [4.78, 5) is 10.6. The van der Waals surface area contributed by atoms with Crippen molar-refractivity contribution in [3.05, 3.63) is 53.7 Å². The van der Waals surface area contributed by atoms with Crippen molar-refractivity contribution in [2.75, 3.05) is 11.9 Å². The van der Waals surface area contributed by atoms with Crippen molar-refractivity contribution in [3.63, 3.8) is 0 Å². The number of carboxylic acid groups (broad SMARTS) is 1. The molecule has 0 spiro atoms. The summed E-state index contributed by atoms with van der Waals surface area (Å²) in [6, 6.07) is 7.41. The topological polar surface area (TPSA) is 62.5 Å². The molecule has 1 heterocycles. The van der Waals surface area contributed by atoms with Gasteiger partial charge in [0.2, 0.25) is 0 Å². The molecule has 1 aromatic carbocycles. The minimum atomic E-state index is -1.14. The molecule has 4 nitrogen and oxygen atoms in total. The predicted octanol–water partition coefficient (Wildman–Crippen LogP) is 2.77. The van der Waals surface area contributed by atoms with Gasteiger partial charge >= 0.3 is 5.97 Å². The Hall–Kier alpha value is -2.30. The van der Waals surface area contributed by atoms with Crippen molar-refractivity contribution in [1.82, 2.24) is 0 Å². The Morgan fingerprint density at radius 1 is 1.39 bits per heavy atom. The first-order valence-corrected chi connectivity index (χ1v) is 5.46. The smallest absolute Gasteiger partial charge is 0.335 e. The van der Waals surface area contributed by atoms with Crippen molar-refractivity contribution < 1.29 is 18.7 Å². The van der Waals surface area contributed by atoms with Gasteiger partial charge in [0.15, 0.2) is 0 Å². The van der Waals surface area contributed by atoms with Crippen LogP contribution in [0, 0.1) is 5.82 Å². The lowest BCUT2D eigenvalue weighted by Crippen LogP contribution is -2.07. The van der Waals surface area contributed by atoms with Gasteiger partial charge in [-0.2, -0.15) is 0 Å². The first-order valence-electron chi connectivity index (χ1n) is 5.46. The summed E-state index contributed by atoms with van der Waals surface area (Å²) in [6.45, 7) is 0.511. The molecule has 0 atom stereocenters. The Morgan fingerprint density at radius 2 is 2.22 bits per heavy atom. The maximum Gasteiger partial charge on any atom is 0.335 e. The number of halogens is 1. The largest absolute Gasteiger partial charge is 0.478 e. The van der Waals surface area contributed by atoms with E-state index in [1.807, 2.05) is 6.07 Å². The number of carboxylic acids is 1. The van der Waals surface area contributed by atoms with Crippen LogP contribution < -0.4 is 5.32 Å². The van der Waals surface area contributed by atoms with E-state index in [0.29, 0.717) is 13.0 Å². The Kier molecular flexibility index (Phi) is 3.62. The molecule has 0 unspecified atom stereocenters. The second kappa shape index (κ2) is 5.35. The fourth-order valence-corrected chi connectivity index (χ4v) is 1.57. The quantitative estimate of drug-likeness (QED) is 0.855. The molecular weight excluding hydrogens is 237 g/mol. The van der Waals surface area contributed by atoms with E-state index in [9.17, 15) is 9.18 Å². The summed E-state index contributed by atoms with van der Waals surface area (Å²) in [5, 5.41) is 11.6. The number of furan rings is 1. The van der Waals surface area contributed by atoms with Gasteiger partial charge in [-0.15, -0.1) is 0 Å². The molecule has 0 bridgehead atoms. The van der Waals surface area contributed by atoms with Crippen LogP contribution in [0.15, 0.2) is 41.0 Å². The van der Waals surface area contributed by atoms with Crippen molar-refractivity contribution in [3.8, 4) is 0 Å². The van der Waals surface area contributed by atoms with Crippen LogP contribution in [0.2, 0.25) is 0 Å². The Labute approximate surface area is 103 Å². The average Bonchev–Trinajstić information content (AvgIpc) is 2.84. The van der Waals surface area contributed by atoms with Crippen LogP contribution in [-0.4, -0.2) is 17.6 Å². The van der Waals surface area contributed by atoms with E-state index < -0.39 is 11.8 Å². The maximum atomic E-state index is 13.5. The number of nitrogens with one attached hydrogen (secondary N) is 1. The number of hydrogen-bond acceptors (Lipinski definition) is 3. The molecule has 2 aromatic rings. The number of rotatable bonds is 5. The summed E-state index contributed by atoms with van der Waals surface area (Å²) < 4.78 is 18.7. The van der Waals surface area contributed by atoms with Crippen LogP contribution >= 0.6 is 0 Å². The van der Waals surface area contributed by atoms with Crippen molar-refractivity contribution in [2.45, 2.75) is 6.42 Å². The highest BCUT2D eigenvalue weighted by Crippen LogP contribution is 2.16. The third-order valence-electron chi connectivity index (χ3n) is 2.48. The van der Waals surface area contributed by atoms with Gasteiger partial charge in [-0.1, -0.05) is 0 Å². The highest BCUT2D eigenvalue weighted by Gasteiger charge is 2.07. The molecule has 0 aliphatic rings. The van der Waals surface area contributed by atoms with Crippen molar-refractivity contribution >= 4 is 11.7 Å². The number of carbonyl (C=O) groups is 1. The Bertz CT molecular complexity index is 537. The third-order valence-corrected chi connectivity index (χ3v) is 2.48. The first-order chi connectivity index (χ1) is 8.66. The number of benzene rings is 1. The molecule has 2 rings (SSSR count). The molecule has 0 fully saturated rings. The van der Waals surface area contributed by atoms with E-state index in [-0.39, 0.29) is 11.3 Å². The second-order valence-corrected chi connectivity index (χ2v) is 3.76. The molecule has 1 aromatic heterocycles. The van der Waals surface area contributed by atoms with E-state index in [0.717, 1.165) is 11.8 Å². The first kappa shape index (κ1) is 12.2. The minimum absolute atomic E-state index is 0.0657. The SMILES string of the molecule is O=C(O)c1ccc(NCCc2ccco2)c(F)c1. The minimum Gasteiger partial charge on any atom is -0.478 e. The fourth-order valence-electron chi connectivity index (χ4n) is 1.57. The molecule has 94 valence electrons. The summed E-state index contributed by atoms with van der Waals surface area (Å²) in [6.07, 6.45) is 2.21. The van der Waals surface area contributed by atoms with Crippen LogP contribution in [0.4, 0.5) is 10.1 Å². The van der Waals surface area contributed by atoms with E-state index in [1.54, 1.807) is 12.3 Å². The standard InChI is InChI=1S/C13H12FNO3/c14-11-8-9(13(16)17)3-4-12(11)15-6-5-10-2-1-7-18-10/h1-4,7-8,15H,5-6H2,(H,16,17). The summed E-state index contributed by atoms with van der Waals surface area (Å²) in [5.41, 5.74) is 0.218. The summed E-state index contributed by atoms with van der Waals surface area (Å²) >= 11 is 0. The molecular formula is C13H12FNO3. The number of hydrogen-bond donors (Lipinski definition) is 2. The summed E-state index contributed by atoms with van der Waals surface area (Å²) in [7, 11) is 0. The third kappa shape index (κ3) is 2.88. The summed E-state index contributed by atoms with van der Waals surface area (Å²) in [5.74, 6) is -0.907. The Morgan fingerprint density at radius 3 is 2.83 bits per heavy atom. The van der Waals surface area contributed by atoms with E-state index in [1.165, 1.54) is 12.1 Å². The Balaban J connectivity index is 1.95. The molecule has 0 aliphatic carbocycles. The lowest BCUT2D eigenvalue weighted by Gasteiger charge is -2.07. The lowest BCUT2D eigenvalue weighted by atomic mass is 10.2. The van der Waals surface area contributed by atoms with Gasteiger partial charge in [-0.25, -0.2) is 9.18 Å². The molecule has 18 heavy (non-hydrogen) atoms. The molecule has 0 saturated heterocycles. The number of aromatic carboxylic acids is 1. The van der Waals surface area contributed by atoms with Crippen LogP contribution in [0.25, 0.3) is 0 Å². The van der Waals surface area contributed by atoms with Crippen LogP contribution in [-0.2, 0) is 6.42 Å². The zero-order chi connectivity index (χ0) is 13.0. The fraction of sp³-hybridized carbons (Fsp3) is 0.154. The van der Waals surface area contributed by atoms with Gasteiger partial charge in [-0.3, -0.25) is 0 Å². The van der Waals surface area contributed by atoms with Crippen molar-refractivity contribution in [2.24, 2.45) is 0 Å². The monoisotopic (exact) mass is 249 g/mol. The maximum absolute atomic E-state index is 13.5. The zero-order valence-electron chi connectivity index (χ0n) is 9.52. The van der Waals surface area contributed by atoms with Crippen molar-refractivity contribution in [1.29, 1.82) is 0 Å². The molecule has 0 aliphatic heterocycles. The van der Waals surface area contributed by atoms with Gasteiger partial charge in [0.05, 0.1) is 17.5 Å². The van der Waals surface area contributed by atoms with Gasteiger partial charge in [0, 0.05) is 13.0 Å². The van der Waals surface area contributed by atoms with Crippen LogP contribution in [0.1, 0.15) is 16.1 Å². The van der Waals surface area contributed by atoms with E-state index in [4.69, 9.17) is 9.52 Å². The molecule has 0 saturated carbocycles. The molecule has 0 radical (unpaired) electrons. The molecule has 2 N–H and O–H groups in total. The van der Waals surface area contributed by atoms with Gasteiger partial charge in [0.1, 0.15) is 11.6 Å². The van der Waals surface area contributed by atoms with Gasteiger partial charge < -0.3 is 14.8 Å². The zero-order valence-corrected chi connectivity index (χ0v) is 9.52. The predicted molar refractivity (Wildman–Crippen MR) is 64.3 cm³/mol. The van der Waals surface area contributed by atoms with E-state index in [2.05, 4.69) is 5.32 Å². The van der Waals surface area contributed by atoms with Gasteiger partial charge in [-0.05, 0) is 30.3 Å². The second-order valence-electron chi connectivity index (χ2n) is 3.76. The molecule has 5 heteroatoms. The highest BCUT2D eigenvalue weighted by atomic mass is 19.1. The van der Waals surface area contributed by atoms with Crippen LogP contribution in [0.5, 0.6) is 0 Å². The number of anilines is 1. The normalized spacial score (nSPS) is 10.3. The van der Waals surface area contributed by atoms with Gasteiger partial charge in [0.25, 0.3) is 0 Å². The van der Waals surface area contributed by atoms with E-state index >= 15 is 0 Å². The average molecular weight is 249 g/mol.